The molecule has 2 aromatic carbocycles. The number of nitrogens with one attached hydrogen (secondary N) is 3. The second kappa shape index (κ2) is 11.6. The number of nitrogens with zero attached hydrogens (tertiary/aromatic N) is 1. The van der Waals surface area contributed by atoms with Crippen molar-refractivity contribution in [3.63, 3.8) is 0 Å². The Kier molecular flexibility index (Phi) is 8.04. The van der Waals surface area contributed by atoms with Crippen LogP contribution in [0.15, 0.2) is 61.1 Å². The molecule has 35 heavy (non-hydrogen) atoms. The number of hydrogen-bond acceptors (Lipinski definition) is 6. The molecule has 9 nitrogen and oxygen atoms in total. The van der Waals surface area contributed by atoms with Gasteiger partial charge >= 0.3 is 12.1 Å². The fourth-order valence-electron chi connectivity index (χ4n) is 4.09. The Hall–Kier alpha value is -3.79. The number of aliphatic carboxylic acids is 1. The molecule has 2 amide bonds. The van der Waals surface area contributed by atoms with E-state index in [1.165, 1.54) is 35.4 Å². The summed E-state index contributed by atoms with van der Waals surface area (Å²) < 4.78 is 5.48. The van der Waals surface area contributed by atoms with Gasteiger partial charge in [0.05, 0.1) is 12.1 Å². The third-order valence-corrected chi connectivity index (χ3v) is 6.66. The number of ether oxygens (including phenoxy) is 1. The van der Waals surface area contributed by atoms with Crippen LogP contribution in [0, 0.1) is 0 Å². The number of carboxylic acids is 1. The number of carbonyl (C=O) groups is 3. The largest absolute Gasteiger partial charge is 0.480 e. The second-order valence-electron chi connectivity index (χ2n) is 8.04. The Labute approximate surface area is 206 Å². The van der Waals surface area contributed by atoms with Gasteiger partial charge < -0.3 is 25.5 Å². The van der Waals surface area contributed by atoms with Gasteiger partial charge in [0.15, 0.2) is 0 Å². The molecule has 0 radical (unpaired) electrons. The lowest BCUT2D eigenvalue weighted by atomic mass is 9.98. The van der Waals surface area contributed by atoms with Crippen LogP contribution in [0.5, 0.6) is 0 Å². The molecule has 0 saturated heterocycles. The van der Waals surface area contributed by atoms with Crippen molar-refractivity contribution in [2.45, 2.75) is 18.4 Å². The van der Waals surface area contributed by atoms with Crippen LogP contribution in [0.2, 0.25) is 0 Å². The van der Waals surface area contributed by atoms with Crippen LogP contribution < -0.4 is 10.6 Å². The van der Waals surface area contributed by atoms with E-state index in [1.807, 2.05) is 24.3 Å². The molecule has 1 aliphatic carbocycles. The molecule has 0 saturated carbocycles. The van der Waals surface area contributed by atoms with Gasteiger partial charge in [-0.15, -0.1) is 0 Å². The smallest absolute Gasteiger partial charge is 0.407 e. The first-order chi connectivity index (χ1) is 17.0. The molecule has 4 N–H and O–H groups in total. The van der Waals surface area contributed by atoms with Crippen molar-refractivity contribution in [3.05, 3.63) is 77.9 Å². The number of hydrogen-bond donors (Lipinski definition) is 4. The third-order valence-electron chi connectivity index (χ3n) is 5.70. The van der Waals surface area contributed by atoms with Gasteiger partial charge in [0.1, 0.15) is 12.6 Å². The lowest BCUT2D eigenvalue weighted by Gasteiger charge is -2.15. The summed E-state index contributed by atoms with van der Waals surface area (Å²) in [7, 11) is 0. The molecule has 1 heterocycles. The second-order valence-corrected chi connectivity index (χ2v) is 9.15. The van der Waals surface area contributed by atoms with Gasteiger partial charge in [-0.2, -0.15) is 11.8 Å². The molecular formula is C25H26N4O5S. The number of alkyl carbamates (subject to hydrolysis) is 1. The molecule has 0 aliphatic heterocycles. The van der Waals surface area contributed by atoms with Gasteiger partial charge in [-0.1, -0.05) is 48.5 Å². The molecule has 4 rings (SSSR count). The average Bonchev–Trinajstić information content (AvgIpc) is 3.48. The number of amides is 2. The van der Waals surface area contributed by atoms with Gasteiger partial charge in [0.2, 0.25) is 5.91 Å². The van der Waals surface area contributed by atoms with Crippen LogP contribution in [0.3, 0.4) is 0 Å². The van der Waals surface area contributed by atoms with E-state index in [-0.39, 0.29) is 30.6 Å². The van der Waals surface area contributed by atoms with E-state index in [9.17, 15) is 19.5 Å². The predicted octanol–water partition coefficient (Wildman–Crippen LogP) is 2.79. The van der Waals surface area contributed by atoms with Crippen molar-refractivity contribution in [2.75, 3.05) is 24.7 Å². The first kappa shape index (κ1) is 24.3. The topological polar surface area (TPSA) is 133 Å². The first-order valence-electron chi connectivity index (χ1n) is 11.2. The number of aromatic amines is 1. The van der Waals surface area contributed by atoms with E-state index in [1.54, 1.807) is 0 Å². The van der Waals surface area contributed by atoms with E-state index in [0.29, 0.717) is 18.0 Å². The van der Waals surface area contributed by atoms with E-state index in [2.05, 4.69) is 44.9 Å². The minimum atomic E-state index is -1.12. The van der Waals surface area contributed by atoms with Crippen molar-refractivity contribution < 1.29 is 24.2 Å². The molecule has 0 unspecified atom stereocenters. The SMILES string of the molecule is O=C(CSCCNC(=O)OCC1c2ccccc2-c2ccccc21)N[C@@H](Cc1cnc[nH]1)C(=O)O. The molecule has 10 heteroatoms. The van der Waals surface area contributed by atoms with E-state index >= 15 is 0 Å². The van der Waals surface area contributed by atoms with Gasteiger partial charge in [0, 0.05) is 36.5 Å². The molecule has 1 atom stereocenters. The summed E-state index contributed by atoms with van der Waals surface area (Å²) in [6.45, 7) is 0.563. The zero-order valence-corrected chi connectivity index (χ0v) is 19.7. The number of H-pyrrole nitrogens is 1. The molecular weight excluding hydrogens is 468 g/mol. The number of carboxylic acid groups (broad SMARTS) is 1. The number of imidazole rings is 1. The van der Waals surface area contributed by atoms with Crippen molar-refractivity contribution in [1.82, 2.24) is 20.6 Å². The average molecular weight is 495 g/mol. The normalized spacial score (nSPS) is 12.9. The molecule has 1 aliphatic rings. The summed E-state index contributed by atoms with van der Waals surface area (Å²) in [5, 5.41) is 14.5. The predicted molar refractivity (Wildman–Crippen MR) is 132 cm³/mol. The minimum Gasteiger partial charge on any atom is -0.480 e. The maximum Gasteiger partial charge on any atom is 0.407 e. The van der Waals surface area contributed by atoms with Gasteiger partial charge in [-0.05, 0) is 22.3 Å². The Morgan fingerprint density at radius 3 is 2.40 bits per heavy atom. The summed E-state index contributed by atoms with van der Waals surface area (Å²) >= 11 is 1.29. The molecule has 3 aromatic rings. The number of benzene rings is 2. The summed E-state index contributed by atoms with van der Waals surface area (Å²) in [5.41, 5.74) is 5.26. The van der Waals surface area contributed by atoms with Crippen LogP contribution in [0.25, 0.3) is 11.1 Å². The zero-order valence-electron chi connectivity index (χ0n) is 18.9. The Morgan fingerprint density at radius 1 is 1.09 bits per heavy atom. The van der Waals surface area contributed by atoms with Gasteiger partial charge in [-0.25, -0.2) is 14.6 Å². The van der Waals surface area contributed by atoms with Crippen LogP contribution in [-0.4, -0.2) is 63.7 Å². The first-order valence-corrected chi connectivity index (χ1v) is 12.3. The molecule has 182 valence electrons. The fourth-order valence-corrected chi connectivity index (χ4v) is 4.75. The highest BCUT2D eigenvalue weighted by Gasteiger charge is 2.29. The summed E-state index contributed by atoms with van der Waals surface area (Å²) in [6.07, 6.45) is 2.58. The highest BCUT2D eigenvalue weighted by molar-refractivity contribution is 7.99. The van der Waals surface area contributed by atoms with Crippen molar-refractivity contribution in [3.8, 4) is 11.1 Å². The monoisotopic (exact) mass is 494 g/mol. The number of aromatic nitrogens is 2. The Bertz CT molecular complexity index is 1140. The summed E-state index contributed by atoms with van der Waals surface area (Å²) in [5.74, 6) is -0.942. The highest BCUT2D eigenvalue weighted by Crippen LogP contribution is 2.44. The van der Waals surface area contributed by atoms with Crippen LogP contribution in [0.1, 0.15) is 22.7 Å². The van der Waals surface area contributed by atoms with Gasteiger partial charge in [-0.3, -0.25) is 4.79 Å². The number of rotatable bonds is 11. The standard InChI is InChI=1S/C25H26N4O5S/c30-23(29-22(24(31)32)11-16-12-26-15-28-16)14-35-10-9-27-25(33)34-13-21-19-7-3-1-5-17(19)18-6-2-4-8-20(18)21/h1-8,12,15,21-22H,9-11,13-14H2,(H,26,28)(H,27,33)(H,29,30)(H,31,32)/t22-/m0/s1. The number of thioether (sulfide) groups is 1. The van der Waals surface area contributed by atoms with E-state index in [4.69, 9.17) is 4.74 Å². The minimum absolute atomic E-state index is 0.00448. The summed E-state index contributed by atoms with van der Waals surface area (Å²) in [6, 6.07) is 15.2. The van der Waals surface area contributed by atoms with E-state index < -0.39 is 18.1 Å². The maximum atomic E-state index is 12.2. The molecule has 0 spiro atoms. The van der Waals surface area contributed by atoms with Gasteiger partial charge in [0.25, 0.3) is 0 Å². The fraction of sp³-hybridized carbons (Fsp3) is 0.280. The Balaban J connectivity index is 1.15. The van der Waals surface area contributed by atoms with E-state index in [0.717, 1.165) is 11.1 Å². The van der Waals surface area contributed by atoms with Crippen LogP contribution in [0.4, 0.5) is 4.79 Å². The highest BCUT2D eigenvalue weighted by atomic mass is 32.2. The molecule has 0 bridgehead atoms. The lowest BCUT2D eigenvalue weighted by molar-refractivity contribution is -0.141. The molecule has 1 aromatic heterocycles. The van der Waals surface area contributed by atoms with Crippen LogP contribution >= 0.6 is 11.8 Å². The quantitative estimate of drug-likeness (QED) is 0.301. The zero-order chi connectivity index (χ0) is 24.6. The van der Waals surface area contributed by atoms with Crippen molar-refractivity contribution >= 4 is 29.7 Å². The number of carbonyl (C=O) groups excluding carboxylic acids is 2. The third kappa shape index (κ3) is 6.21. The van der Waals surface area contributed by atoms with Crippen molar-refractivity contribution in [2.24, 2.45) is 0 Å². The summed E-state index contributed by atoms with van der Waals surface area (Å²) in [4.78, 5) is 42.4. The molecule has 0 fully saturated rings. The van der Waals surface area contributed by atoms with Crippen molar-refractivity contribution in [1.29, 1.82) is 0 Å². The Morgan fingerprint density at radius 2 is 1.77 bits per heavy atom. The maximum absolute atomic E-state index is 12.2. The number of fused-ring (bicyclic) bond motifs is 3. The lowest BCUT2D eigenvalue weighted by Crippen LogP contribution is -2.43. The van der Waals surface area contributed by atoms with Crippen LogP contribution in [-0.2, 0) is 20.7 Å².